The second kappa shape index (κ2) is 7.84. The summed E-state index contributed by atoms with van der Waals surface area (Å²) >= 11 is 0. The summed E-state index contributed by atoms with van der Waals surface area (Å²) in [4.78, 5) is 13.9. The van der Waals surface area contributed by atoms with Gasteiger partial charge in [0, 0.05) is 20.5 Å². The topological polar surface area (TPSA) is 40.5 Å². The van der Waals surface area contributed by atoms with E-state index in [0.29, 0.717) is 23.2 Å². The zero-order valence-electron chi connectivity index (χ0n) is 19.6. The highest BCUT2D eigenvalue weighted by Gasteiger charge is 2.60. The first-order chi connectivity index (χ1) is 13.7. The van der Waals surface area contributed by atoms with Crippen LogP contribution in [0, 0.1) is 46.3 Å². The maximum atomic E-state index is 12.1. The number of fused-ring (bicyclic) bond motifs is 5. The first-order valence-electron chi connectivity index (χ1n) is 12.5. The summed E-state index contributed by atoms with van der Waals surface area (Å²) in [5.41, 5.74) is 0.963. The van der Waals surface area contributed by atoms with Crippen molar-refractivity contribution in [1.29, 1.82) is 0 Å². The number of hydrogen-bond donors (Lipinski definition) is 1. The SMILES string of the molecule is C[C@H](CCC(=O)N(C)C)[C@H]1CC[C@H]2[C@@H]3CCC4C[C@@H](O)CC[C@]4(C)[C@H]3CC[C@]12C. The third-order valence-corrected chi connectivity index (χ3v) is 10.7. The Kier molecular flexibility index (Phi) is 5.86. The summed E-state index contributed by atoms with van der Waals surface area (Å²) < 4.78 is 0. The predicted molar refractivity (Wildman–Crippen MR) is 118 cm³/mol. The molecule has 4 fully saturated rings. The highest BCUT2D eigenvalue weighted by Crippen LogP contribution is 2.68. The van der Waals surface area contributed by atoms with Crippen molar-refractivity contribution in [3.63, 3.8) is 0 Å². The van der Waals surface area contributed by atoms with Crippen LogP contribution in [0.4, 0.5) is 0 Å². The second-order valence-corrected chi connectivity index (χ2v) is 12.1. The van der Waals surface area contributed by atoms with E-state index in [1.807, 2.05) is 14.1 Å². The van der Waals surface area contributed by atoms with E-state index >= 15 is 0 Å². The molecule has 3 nitrogen and oxygen atoms in total. The minimum atomic E-state index is -0.0416. The number of aliphatic hydroxyl groups is 1. The van der Waals surface area contributed by atoms with Gasteiger partial charge in [0.15, 0.2) is 0 Å². The van der Waals surface area contributed by atoms with Gasteiger partial charge in [-0.15, -0.1) is 0 Å². The molecule has 1 unspecified atom stereocenters. The number of aliphatic hydroxyl groups excluding tert-OH is 1. The van der Waals surface area contributed by atoms with Crippen LogP contribution in [-0.4, -0.2) is 36.1 Å². The molecule has 0 spiro atoms. The molecule has 1 N–H and O–H groups in total. The smallest absolute Gasteiger partial charge is 0.222 e. The Morgan fingerprint density at radius 3 is 2.41 bits per heavy atom. The lowest BCUT2D eigenvalue weighted by Crippen LogP contribution is -2.54. The molecule has 0 saturated heterocycles. The molecule has 0 bridgehead atoms. The average molecular weight is 404 g/mol. The van der Waals surface area contributed by atoms with Crippen molar-refractivity contribution in [2.45, 2.75) is 97.5 Å². The van der Waals surface area contributed by atoms with Gasteiger partial charge in [-0.2, -0.15) is 0 Å². The molecular weight excluding hydrogens is 358 g/mol. The van der Waals surface area contributed by atoms with Crippen molar-refractivity contribution in [3.05, 3.63) is 0 Å². The van der Waals surface area contributed by atoms with Gasteiger partial charge in [-0.25, -0.2) is 0 Å². The van der Waals surface area contributed by atoms with Crippen LogP contribution in [0.2, 0.25) is 0 Å². The van der Waals surface area contributed by atoms with Crippen LogP contribution in [-0.2, 0) is 4.79 Å². The molecule has 166 valence electrons. The van der Waals surface area contributed by atoms with E-state index < -0.39 is 0 Å². The molecule has 0 radical (unpaired) electrons. The lowest BCUT2D eigenvalue weighted by atomic mass is 9.44. The lowest BCUT2D eigenvalue weighted by Gasteiger charge is -2.61. The van der Waals surface area contributed by atoms with Gasteiger partial charge in [-0.3, -0.25) is 4.79 Å². The highest BCUT2D eigenvalue weighted by molar-refractivity contribution is 5.75. The Bertz CT molecular complexity index is 618. The normalized spacial score (nSPS) is 47.7. The maximum Gasteiger partial charge on any atom is 0.222 e. The fraction of sp³-hybridized carbons (Fsp3) is 0.962. The fourth-order valence-electron chi connectivity index (χ4n) is 8.99. The number of nitrogens with zero attached hydrogens (tertiary/aromatic N) is 1. The Morgan fingerprint density at radius 1 is 1.00 bits per heavy atom. The van der Waals surface area contributed by atoms with Gasteiger partial charge < -0.3 is 10.0 Å². The van der Waals surface area contributed by atoms with E-state index in [9.17, 15) is 9.90 Å². The Labute approximate surface area is 179 Å². The first-order valence-corrected chi connectivity index (χ1v) is 12.5. The molecule has 9 atom stereocenters. The molecule has 0 heterocycles. The largest absolute Gasteiger partial charge is 0.393 e. The third kappa shape index (κ3) is 3.58. The highest BCUT2D eigenvalue weighted by atomic mass is 16.3. The van der Waals surface area contributed by atoms with Crippen LogP contribution in [0.25, 0.3) is 0 Å². The quantitative estimate of drug-likeness (QED) is 0.672. The standard InChI is InChI=1S/C26H45NO2/c1-17(6-11-24(29)27(4)5)21-9-10-22-20-8-7-18-16-19(28)12-14-25(18,2)23(20)13-15-26(21,22)3/h17-23,28H,6-16H2,1-5H3/t17-,18?,19+,20+,21-,22+,23+,25+,26-/m1/s1. The zero-order chi connectivity index (χ0) is 21.0. The monoisotopic (exact) mass is 403 g/mol. The zero-order valence-corrected chi connectivity index (χ0v) is 19.6. The van der Waals surface area contributed by atoms with Crippen molar-refractivity contribution >= 4 is 5.91 Å². The van der Waals surface area contributed by atoms with Crippen molar-refractivity contribution < 1.29 is 9.90 Å². The van der Waals surface area contributed by atoms with E-state index in [4.69, 9.17) is 0 Å². The van der Waals surface area contributed by atoms with Gasteiger partial charge in [0.25, 0.3) is 0 Å². The Morgan fingerprint density at radius 2 is 1.69 bits per heavy atom. The second-order valence-electron chi connectivity index (χ2n) is 12.1. The minimum absolute atomic E-state index is 0.0416. The number of carbonyl (C=O) groups is 1. The van der Waals surface area contributed by atoms with E-state index in [1.54, 1.807) is 4.90 Å². The average Bonchev–Trinajstić information content (AvgIpc) is 3.03. The third-order valence-electron chi connectivity index (χ3n) is 10.7. The van der Waals surface area contributed by atoms with Gasteiger partial charge in [0.05, 0.1) is 6.10 Å². The van der Waals surface area contributed by atoms with Crippen molar-refractivity contribution in [1.82, 2.24) is 4.90 Å². The molecule has 4 aliphatic carbocycles. The number of carbonyl (C=O) groups excluding carboxylic acids is 1. The molecular formula is C26H45NO2. The van der Waals surface area contributed by atoms with Crippen molar-refractivity contribution in [2.75, 3.05) is 14.1 Å². The summed E-state index contributed by atoms with van der Waals surface area (Å²) in [6.45, 7) is 7.63. The van der Waals surface area contributed by atoms with E-state index in [1.165, 1.54) is 44.9 Å². The van der Waals surface area contributed by atoms with Crippen LogP contribution in [0.1, 0.15) is 91.4 Å². The molecule has 0 aliphatic heterocycles. The van der Waals surface area contributed by atoms with Crippen LogP contribution in [0.3, 0.4) is 0 Å². The summed E-state index contributed by atoms with van der Waals surface area (Å²) in [6, 6.07) is 0. The van der Waals surface area contributed by atoms with Crippen LogP contribution >= 0.6 is 0 Å². The first kappa shape index (κ1) is 21.7. The molecule has 4 rings (SSSR count). The number of hydrogen-bond acceptors (Lipinski definition) is 2. The summed E-state index contributed by atoms with van der Waals surface area (Å²) in [5.74, 6) is 5.17. The Hall–Kier alpha value is -0.570. The lowest BCUT2D eigenvalue weighted by molar-refractivity contribution is -0.131. The Balaban J connectivity index is 1.46. The van der Waals surface area contributed by atoms with Crippen molar-refractivity contribution in [2.24, 2.45) is 46.3 Å². The van der Waals surface area contributed by atoms with E-state index in [0.717, 1.165) is 48.9 Å². The summed E-state index contributed by atoms with van der Waals surface area (Å²) in [6.07, 6.45) is 13.4. The van der Waals surface area contributed by atoms with Gasteiger partial charge in [0.1, 0.15) is 0 Å². The van der Waals surface area contributed by atoms with Crippen LogP contribution in [0.5, 0.6) is 0 Å². The maximum absolute atomic E-state index is 12.1. The summed E-state index contributed by atoms with van der Waals surface area (Å²) in [5, 5.41) is 10.2. The van der Waals surface area contributed by atoms with E-state index in [2.05, 4.69) is 20.8 Å². The fourth-order valence-corrected chi connectivity index (χ4v) is 8.99. The van der Waals surface area contributed by atoms with E-state index in [-0.39, 0.29) is 12.0 Å². The van der Waals surface area contributed by atoms with Gasteiger partial charge >= 0.3 is 0 Å². The molecule has 0 aromatic rings. The molecule has 4 aliphatic rings. The van der Waals surface area contributed by atoms with Gasteiger partial charge in [-0.1, -0.05) is 20.8 Å². The predicted octanol–water partition coefficient (Wildman–Crippen LogP) is 5.51. The molecule has 0 aromatic carbocycles. The number of amides is 1. The van der Waals surface area contributed by atoms with Crippen molar-refractivity contribution in [3.8, 4) is 0 Å². The van der Waals surface area contributed by atoms with Crippen LogP contribution < -0.4 is 0 Å². The molecule has 4 saturated carbocycles. The molecule has 0 aromatic heterocycles. The van der Waals surface area contributed by atoms with Gasteiger partial charge in [0.2, 0.25) is 5.91 Å². The molecule has 1 amide bonds. The minimum Gasteiger partial charge on any atom is -0.393 e. The summed E-state index contributed by atoms with van der Waals surface area (Å²) in [7, 11) is 3.75. The van der Waals surface area contributed by atoms with Gasteiger partial charge in [-0.05, 0) is 111 Å². The molecule has 3 heteroatoms. The van der Waals surface area contributed by atoms with Crippen LogP contribution in [0.15, 0.2) is 0 Å². The molecule has 29 heavy (non-hydrogen) atoms. The number of rotatable bonds is 4.